The normalized spacial score (nSPS) is 11.1. The maximum atomic E-state index is 12.5. The Morgan fingerprint density at radius 2 is 2.04 bits per heavy atom. The van der Waals surface area contributed by atoms with Gasteiger partial charge in [0.2, 0.25) is 0 Å². The molecule has 2 aromatic rings. The van der Waals surface area contributed by atoms with E-state index >= 15 is 0 Å². The van der Waals surface area contributed by atoms with Crippen molar-refractivity contribution in [2.45, 2.75) is 13.5 Å². The number of ether oxygens (including phenoxy) is 1. The number of nitrogens with zero attached hydrogens (tertiary/aromatic N) is 1. The molecule has 1 N–H and O–H groups in total. The maximum Gasteiger partial charge on any atom is 0.387 e. The minimum atomic E-state index is -3.01. The molecule has 0 bridgehead atoms. The highest BCUT2D eigenvalue weighted by molar-refractivity contribution is 9.10. The van der Waals surface area contributed by atoms with Crippen LogP contribution in [0.1, 0.15) is 11.1 Å². The average molecular weight is 407 g/mol. The molecule has 25 heavy (non-hydrogen) atoms. The van der Waals surface area contributed by atoms with Crippen LogP contribution in [0.4, 0.5) is 14.5 Å². The van der Waals surface area contributed by atoms with E-state index in [1.807, 2.05) is 19.1 Å². The topological polar surface area (TPSA) is 62.1 Å². The molecule has 0 atom stereocenters. The standard InChI is InChI=1S/C18H13BrF2N2O2/c1-11-4-2-3-5-15(11)23-17(24)13(10-22)8-12-9-14(19)6-7-16(12)25-18(20)21/h2-9,18H,1H3,(H,23,24)/b13-8+. The lowest BCUT2D eigenvalue weighted by Gasteiger charge is -2.10. The van der Waals surface area contributed by atoms with Gasteiger partial charge in [0.05, 0.1) is 0 Å². The molecule has 0 unspecified atom stereocenters. The number of carbonyl (C=O) groups is 1. The number of nitrogens with one attached hydrogen (secondary N) is 1. The van der Waals surface area contributed by atoms with Gasteiger partial charge in [-0.25, -0.2) is 0 Å². The summed E-state index contributed by atoms with van der Waals surface area (Å²) in [5.41, 5.74) is 1.34. The fraction of sp³-hybridized carbons (Fsp3) is 0.111. The van der Waals surface area contributed by atoms with Gasteiger partial charge in [-0.3, -0.25) is 4.79 Å². The molecule has 0 aliphatic rings. The number of hydrogen-bond acceptors (Lipinski definition) is 3. The van der Waals surface area contributed by atoms with E-state index in [-0.39, 0.29) is 16.9 Å². The van der Waals surface area contributed by atoms with E-state index in [9.17, 15) is 18.8 Å². The lowest BCUT2D eigenvalue weighted by Crippen LogP contribution is -2.14. The molecule has 7 heteroatoms. The number of carbonyl (C=O) groups excluding carboxylic acids is 1. The number of rotatable bonds is 5. The van der Waals surface area contributed by atoms with E-state index in [2.05, 4.69) is 26.0 Å². The van der Waals surface area contributed by atoms with Crippen LogP contribution in [-0.2, 0) is 4.79 Å². The van der Waals surface area contributed by atoms with Crippen LogP contribution in [0.15, 0.2) is 52.5 Å². The molecular weight excluding hydrogens is 394 g/mol. The summed E-state index contributed by atoms with van der Waals surface area (Å²) in [4.78, 5) is 12.3. The Bertz CT molecular complexity index is 860. The van der Waals surface area contributed by atoms with Crippen molar-refractivity contribution in [3.05, 3.63) is 63.6 Å². The predicted octanol–water partition coefficient (Wildman–Crippen LogP) is 4.90. The summed E-state index contributed by atoms with van der Waals surface area (Å²) in [7, 11) is 0. The molecule has 2 aromatic carbocycles. The molecule has 2 rings (SSSR count). The smallest absolute Gasteiger partial charge is 0.387 e. The Labute approximate surface area is 151 Å². The Kier molecular flexibility index (Phi) is 6.25. The van der Waals surface area contributed by atoms with Gasteiger partial charge >= 0.3 is 6.61 Å². The van der Waals surface area contributed by atoms with Gasteiger partial charge in [0.1, 0.15) is 17.4 Å². The molecule has 0 spiro atoms. The third kappa shape index (κ3) is 5.13. The first kappa shape index (κ1) is 18.6. The number of benzene rings is 2. The van der Waals surface area contributed by atoms with Crippen LogP contribution in [0.2, 0.25) is 0 Å². The second kappa shape index (κ2) is 8.40. The van der Waals surface area contributed by atoms with Crippen LogP contribution in [0, 0.1) is 18.3 Å². The Morgan fingerprint density at radius 3 is 2.68 bits per heavy atom. The first-order valence-corrected chi connectivity index (χ1v) is 7.93. The SMILES string of the molecule is Cc1ccccc1NC(=O)/C(C#N)=C/c1cc(Br)ccc1OC(F)F. The van der Waals surface area contributed by atoms with Crippen molar-refractivity contribution in [1.82, 2.24) is 0 Å². The number of nitriles is 1. The quantitative estimate of drug-likeness (QED) is 0.566. The van der Waals surface area contributed by atoms with Crippen molar-refractivity contribution >= 4 is 33.6 Å². The summed E-state index contributed by atoms with van der Waals surface area (Å²) >= 11 is 3.22. The molecule has 1 amide bonds. The minimum absolute atomic E-state index is 0.130. The highest BCUT2D eigenvalue weighted by Crippen LogP contribution is 2.27. The zero-order chi connectivity index (χ0) is 18.4. The van der Waals surface area contributed by atoms with Crippen molar-refractivity contribution in [3.63, 3.8) is 0 Å². The fourth-order valence-electron chi connectivity index (χ4n) is 2.04. The minimum Gasteiger partial charge on any atom is -0.434 e. The summed E-state index contributed by atoms with van der Waals surface area (Å²) in [6, 6.07) is 13.2. The van der Waals surface area contributed by atoms with Crippen LogP contribution < -0.4 is 10.1 Å². The Morgan fingerprint density at radius 1 is 1.32 bits per heavy atom. The van der Waals surface area contributed by atoms with Crippen LogP contribution in [0.25, 0.3) is 6.08 Å². The summed E-state index contributed by atoms with van der Waals surface area (Å²) in [5.74, 6) is -0.769. The molecule has 128 valence electrons. The van der Waals surface area contributed by atoms with Gasteiger partial charge in [-0.2, -0.15) is 14.0 Å². The van der Waals surface area contributed by atoms with E-state index in [4.69, 9.17) is 0 Å². The third-order valence-electron chi connectivity index (χ3n) is 3.25. The zero-order valence-electron chi connectivity index (χ0n) is 13.1. The van der Waals surface area contributed by atoms with E-state index in [1.165, 1.54) is 24.3 Å². The maximum absolute atomic E-state index is 12.5. The summed E-state index contributed by atoms with van der Waals surface area (Å²) in [6.07, 6.45) is 1.20. The summed E-state index contributed by atoms with van der Waals surface area (Å²) < 4.78 is 30.0. The number of para-hydroxylation sites is 1. The van der Waals surface area contributed by atoms with E-state index in [1.54, 1.807) is 18.2 Å². The molecule has 0 fully saturated rings. The zero-order valence-corrected chi connectivity index (χ0v) is 14.7. The van der Waals surface area contributed by atoms with Crippen molar-refractivity contribution in [2.24, 2.45) is 0 Å². The second-order valence-electron chi connectivity index (χ2n) is 5.00. The van der Waals surface area contributed by atoms with Gasteiger partial charge in [-0.05, 0) is 42.8 Å². The van der Waals surface area contributed by atoms with Gasteiger partial charge in [0.15, 0.2) is 0 Å². The Hall–Kier alpha value is -2.72. The van der Waals surface area contributed by atoms with Gasteiger partial charge in [0, 0.05) is 15.7 Å². The summed E-state index contributed by atoms with van der Waals surface area (Å²) in [5, 5.41) is 11.9. The van der Waals surface area contributed by atoms with Gasteiger partial charge in [-0.1, -0.05) is 34.1 Å². The lowest BCUT2D eigenvalue weighted by molar-refractivity contribution is -0.112. The van der Waals surface area contributed by atoms with E-state index < -0.39 is 12.5 Å². The van der Waals surface area contributed by atoms with Crippen LogP contribution in [-0.4, -0.2) is 12.5 Å². The van der Waals surface area contributed by atoms with E-state index in [0.717, 1.165) is 5.56 Å². The van der Waals surface area contributed by atoms with Crippen molar-refractivity contribution in [1.29, 1.82) is 5.26 Å². The number of anilines is 1. The molecule has 0 heterocycles. The molecule has 4 nitrogen and oxygen atoms in total. The number of amides is 1. The Balaban J connectivity index is 2.34. The monoisotopic (exact) mass is 406 g/mol. The molecular formula is C18H13BrF2N2O2. The van der Waals surface area contributed by atoms with Crippen molar-refractivity contribution in [3.8, 4) is 11.8 Å². The number of hydrogen-bond donors (Lipinski definition) is 1. The van der Waals surface area contributed by atoms with Crippen LogP contribution in [0.5, 0.6) is 5.75 Å². The van der Waals surface area contributed by atoms with Crippen LogP contribution in [0.3, 0.4) is 0 Å². The van der Waals surface area contributed by atoms with E-state index in [0.29, 0.717) is 10.2 Å². The number of halogens is 3. The number of aryl methyl sites for hydroxylation is 1. The molecule has 0 aliphatic heterocycles. The van der Waals surface area contributed by atoms with Crippen molar-refractivity contribution in [2.75, 3.05) is 5.32 Å². The molecule has 0 saturated heterocycles. The highest BCUT2D eigenvalue weighted by Gasteiger charge is 2.14. The predicted molar refractivity (Wildman–Crippen MR) is 94.2 cm³/mol. The van der Waals surface area contributed by atoms with Gasteiger partial charge < -0.3 is 10.1 Å². The van der Waals surface area contributed by atoms with Gasteiger partial charge in [-0.15, -0.1) is 0 Å². The summed E-state index contributed by atoms with van der Waals surface area (Å²) in [6.45, 7) is -1.20. The van der Waals surface area contributed by atoms with Gasteiger partial charge in [0.25, 0.3) is 5.91 Å². The molecule has 0 radical (unpaired) electrons. The first-order chi connectivity index (χ1) is 11.9. The molecule has 0 aliphatic carbocycles. The largest absolute Gasteiger partial charge is 0.434 e. The first-order valence-electron chi connectivity index (χ1n) is 7.14. The number of alkyl halides is 2. The van der Waals surface area contributed by atoms with Crippen LogP contribution >= 0.6 is 15.9 Å². The second-order valence-corrected chi connectivity index (χ2v) is 5.92. The molecule has 0 aromatic heterocycles. The lowest BCUT2D eigenvalue weighted by atomic mass is 10.1. The average Bonchev–Trinajstić information content (AvgIpc) is 2.56. The third-order valence-corrected chi connectivity index (χ3v) is 3.74. The molecule has 0 saturated carbocycles. The highest BCUT2D eigenvalue weighted by atomic mass is 79.9. The van der Waals surface area contributed by atoms with Crippen molar-refractivity contribution < 1.29 is 18.3 Å². The fourth-order valence-corrected chi connectivity index (χ4v) is 2.42.